The van der Waals surface area contributed by atoms with Crippen molar-refractivity contribution in [3.05, 3.63) is 34.7 Å². The lowest BCUT2D eigenvalue weighted by Gasteiger charge is -2.18. The summed E-state index contributed by atoms with van der Waals surface area (Å²) in [5, 5.41) is 12.1. The van der Waals surface area contributed by atoms with Gasteiger partial charge in [0.25, 0.3) is 0 Å². The van der Waals surface area contributed by atoms with Crippen molar-refractivity contribution in [1.29, 1.82) is 0 Å². The molecule has 0 aliphatic carbocycles. The third-order valence-corrected chi connectivity index (χ3v) is 2.90. The third kappa shape index (κ3) is 3.78. The Hall–Kier alpha value is -1.39. The van der Waals surface area contributed by atoms with Crippen LogP contribution in [0.15, 0.2) is 22.6 Å². The van der Waals surface area contributed by atoms with Gasteiger partial charge in [0.05, 0.1) is 6.54 Å². The first kappa shape index (κ1) is 14.0. The van der Waals surface area contributed by atoms with Gasteiger partial charge in [-0.05, 0) is 45.4 Å². The van der Waals surface area contributed by atoms with Gasteiger partial charge in [-0.25, -0.2) is 0 Å². The van der Waals surface area contributed by atoms with Crippen molar-refractivity contribution in [3.63, 3.8) is 0 Å². The molecule has 0 bridgehead atoms. The van der Waals surface area contributed by atoms with Crippen molar-refractivity contribution < 1.29 is 4.42 Å². The number of hydrogen-bond acceptors (Lipinski definition) is 4. The van der Waals surface area contributed by atoms with E-state index in [9.17, 15) is 0 Å². The molecule has 1 heterocycles. The van der Waals surface area contributed by atoms with Crippen molar-refractivity contribution in [2.24, 2.45) is 0 Å². The summed E-state index contributed by atoms with van der Waals surface area (Å²) in [5.41, 5.74) is 1.95. The lowest BCUT2D eigenvalue weighted by atomic mass is 10.1. The molecule has 0 fully saturated rings. The molecule has 102 valence electrons. The van der Waals surface area contributed by atoms with Crippen LogP contribution in [0.4, 0.5) is 0 Å². The molecular weight excluding hydrogens is 262 g/mol. The molecule has 0 amide bonds. The summed E-state index contributed by atoms with van der Waals surface area (Å²) in [6, 6.07) is 5.62. The summed E-state index contributed by atoms with van der Waals surface area (Å²) in [5.74, 6) is 1.08. The predicted molar refractivity (Wildman–Crippen MR) is 76.1 cm³/mol. The normalized spacial score (nSPS) is 11.8. The van der Waals surface area contributed by atoms with E-state index >= 15 is 0 Å². The third-order valence-electron chi connectivity index (χ3n) is 2.67. The van der Waals surface area contributed by atoms with Crippen LogP contribution in [0.2, 0.25) is 5.02 Å². The smallest absolute Gasteiger partial charge is 0.248 e. The molecule has 2 aromatic rings. The topological polar surface area (TPSA) is 51.0 Å². The van der Waals surface area contributed by atoms with Crippen molar-refractivity contribution in [2.75, 3.05) is 0 Å². The molecule has 0 aliphatic rings. The van der Waals surface area contributed by atoms with E-state index in [2.05, 4.69) is 36.3 Å². The van der Waals surface area contributed by atoms with Crippen molar-refractivity contribution in [3.8, 4) is 11.5 Å². The van der Waals surface area contributed by atoms with Gasteiger partial charge in [0, 0.05) is 16.1 Å². The average Bonchev–Trinajstić information content (AvgIpc) is 2.77. The van der Waals surface area contributed by atoms with Crippen molar-refractivity contribution in [2.45, 2.75) is 39.8 Å². The summed E-state index contributed by atoms with van der Waals surface area (Å²) in [4.78, 5) is 0. The van der Waals surface area contributed by atoms with Crippen molar-refractivity contribution >= 4 is 11.6 Å². The van der Waals surface area contributed by atoms with Crippen LogP contribution in [0.25, 0.3) is 11.5 Å². The SMILES string of the molecule is Cc1ccc(Cl)cc1-c1nnc(CNC(C)(C)C)o1. The van der Waals surface area contributed by atoms with Crippen LogP contribution in [-0.2, 0) is 6.54 Å². The number of halogens is 1. The minimum absolute atomic E-state index is 0.0145. The standard InChI is InChI=1S/C14H18ClN3O/c1-9-5-6-10(15)7-11(9)13-18-17-12(19-13)8-16-14(2,3)4/h5-7,16H,8H2,1-4H3. The first-order valence-corrected chi connectivity index (χ1v) is 6.57. The van der Waals surface area contributed by atoms with Crippen LogP contribution in [0, 0.1) is 6.92 Å². The Balaban J connectivity index is 2.19. The molecule has 0 spiro atoms. The van der Waals surface area contributed by atoms with E-state index in [-0.39, 0.29) is 5.54 Å². The Morgan fingerprint density at radius 3 is 2.68 bits per heavy atom. The number of nitrogens with zero attached hydrogens (tertiary/aromatic N) is 2. The van der Waals surface area contributed by atoms with Gasteiger partial charge in [-0.1, -0.05) is 17.7 Å². The first-order chi connectivity index (χ1) is 8.85. The number of rotatable bonds is 3. The van der Waals surface area contributed by atoms with Gasteiger partial charge in [0.2, 0.25) is 11.8 Å². The second-order valence-corrected chi connectivity index (χ2v) is 6.00. The molecule has 5 heteroatoms. The molecule has 0 aliphatic heterocycles. The number of aryl methyl sites for hydroxylation is 1. The van der Waals surface area contributed by atoms with Crippen LogP contribution in [-0.4, -0.2) is 15.7 Å². The van der Waals surface area contributed by atoms with Gasteiger partial charge in [0.1, 0.15) is 0 Å². The van der Waals surface area contributed by atoms with E-state index in [1.54, 1.807) is 0 Å². The largest absolute Gasteiger partial charge is 0.419 e. The zero-order valence-electron chi connectivity index (χ0n) is 11.6. The highest BCUT2D eigenvalue weighted by Gasteiger charge is 2.14. The van der Waals surface area contributed by atoms with Gasteiger partial charge in [-0.2, -0.15) is 0 Å². The van der Waals surface area contributed by atoms with E-state index in [4.69, 9.17) is 16.0 Å². The Labute approximate surface area is 118 Å². The Morgan fingerprint density at radius 1 is 1.26 bits per heavy atom. The maximum absolute atomic E-state index is 5.99. The summed E-state index contributed by atoms with van der Waals surface area (Å²) in [6.07, 6.45) is 0. The molecule has 0 unspecified atom stereocenters. The monoisotopic (exact) mass is 279 g/mol. The van der Waals surface area contributed by atoms with E-state index < -0.39 is 0 Å². The number of nitrogens with one attached hydrogen (secondary N) is 1. The van der Waals surface area contributed by atoms with Crippen molar-refractivity contribution in [1.82, 2.24) is 15.5 Å². The van der Waals surface area contributed by atoms with E-state index in [0.717, 1.165) is 11.1 Å². The molecule has 0 radical (unpaired) electrons. The van der Waals surface area contributed by atoms with E-state index in [1.165, 1.54) is 0 Å². The van der Waals surface area contributed by atoms with Crippen LogP contribution >= 0.6 is 11.6 Å². The zero-order valence-corrected chi connectivity index (χ0v) is 12.4. The van der Waals surface area contributed by atoms with Crippen LogP contribution in [0.3, 0.4) is 0 Å². The number of aromatic nitrogens is 2. The second kappa shape index (κ2) is 5.31. The second-order valence-electron chi connectivity index (χ2n) is 5.56. The van der Waals surface area contributed by atoms with Gasteiger partial charge in [0.15, 0.2) is 0 Å². The fourth-order valence-corrected chi connectivity index (χ4v) is 1.77. The summed E-state index contributed by atoms with van der Waals surface area (Å²) in [6.45, 7) is 8.81. The number of benzene rings is 1. The molecule has 0 saturated carbocycles. The van der Waals surface area contributed by atoms with Crippen LogP contribution in [0.5, 0.6) is 0 Å². The fraction of sp³-hybridized carbons (Fsp3) is 0.429. The summed E-state index contributed by atoms with van der Waals surface area (Å²) < 4.78 is 5.66. The summed E-state index contributed by atoms with van der Waals surface area (Å²) >= 11 is 5.99. The Kier molecular flexibility index (Phi) is 3.92. The van der Waals surface area contributed by atoms with Gasteiger partial charge >= 0.3 is 0 Å². The number of hydrogen-bond donors (Lipinski definition) is 1. The molecule has 19 heavy (non-hydrogen) atoms. The molecule has 1 aromatic heterocycles. The average molecular weight is 280 g/mol. The highest BCUT2D eigenvalue weighted by Crippen LogP contribution is 2.25. The first-order valence-electron chi connectivity index (χ1n) is 6.19. The minimum atomic E-state index is 0.0145. The predicted octanol–water partition coefficient (Wildman–Crippen LogP) is 3.59. The van der Waals surface area contributed by atoms with Crippen LogP contribution < -0.4 is 5.32 Å². The molecule has 1 N–H and O–H groups in total. The Morgan fingerprint density at radius 2 is 2.00 bits per heavy atom. The molecular formula is C14H18ClN3O. The molecule has 4 nitrogen and oxygen atoms in total. The van der Waals surface area contributed by atoms with Gasteiger partial charge < -0.3 is 9.73 Å². The lowest BCUT2D eigenvalue weighted by molar-refractivity contribution is 0.383. The quantitative estimate of drug-likeness (QED) is 0.933. The Bertz CT molecular complexity index is 572. The molecule has 0 atom stereocenters. The maximum Gasteiger partial charge on any atom is 0.248 e. The lowest BCUT2D eigenvalue weighted by Crippen LogP contribution is -2.35. The highest BCUT2D eigenvalue weighted by atomic mass is 35.5. The van der Waals surface area contributed by atoms with Gasteiger partial charge in [-0.3, -0.25) is 0 Å². The zero-order chi connectivity index (χ0) is 14.0. The summed E-state index contributed by atoms with van der Waals surface area (Å²) in [7, 11) is 0. The van der Waals surface area contributed by atoms with Gasteiger partial charge in [-0.15, -0.1) is 10.2 Å². The maximum atomic E-state index is 5.99. The van der Waals surface area contributed by atoms with E-state index in [0.29, 0.717) is 23.3 Å². The highest BCUT2D eigenvalue weighted by molar-refractivity contribution is 6.30. The molecule has 1 aromatic carbocycles. The van der Waals surface area contributed by atoms with Crippen LogP contribution in [0.1, 0.15) is 32.2 Å². The molecule has 0 saturated heterocycles. The molecule has 2 rings (SSSR count). The fourth-order valence-electron chi connectivity index (χ4n) is 1.60. The minimum Gasteiger partial charge on any atom is -0.419 e. The van der Waals surface area contributed by atoms with E-state index in [1.807, 2.05) is 25.1 Å².